The van der Waals surface area contributed by atoms with E-state index >= 15 is 0 Å². The molecule has 0 atom stereocenters. The molecule has 0 saturated carbocycles. The van der Waals surface area contributed by atoms with Crippen LogP contribution in [0.1, 0.15) is 19.3 Å². The molecule has 8 heteroatoms. The van der Waals surface area contributed by atoms with E-state index in [4.69, 9.17) is 0 Å². The second-order valence-electron chi connectivity index (χ2n) is 3.11. The fourth-order valence-electron chi connectivity index (χ4n) is 0.802. The van der Waals surface area contributed by atoms with Crippen LogP contribution in [0.5, 0.6) is 0 Å². The van der Waals surface area contributed by atoms with Gasteiger partial charge in [-0.3, -0.25) is 8.37 Å². The van der Waals surface area contributed by atoms with E-state index in [9.17, 15) is 16.8 Å². The number of unbranched alkanes of at least 4 members (excludes halogenated alkanes) is 2. The van der Waals surface area contributed by atoms with E-state index in [1.165, 1.54) is 0 Å². The summed E-state index contributed by atoms with van der Waals surface area (Å²) < 4.78 is 51.1. The van der Waals surface area contributed by atoms with Crippen molar-refractivity contribution in [3.05, 3.63) is 0 Å². The first-order valence-electron chi connectivity index (χ1n) is 4.39. The normalized spacial score (nSPS) is 12.9. The number of hydrogen-bond donors (Lipinski definition) is 0. The smallest absolute Gasteiger partial charge is 0.264 e. The van der Waals surface area contributed by atoms with E-state index in [0.29, 0.717) is 19.3 Å². The molecule has 0 radical (unpaired) electrons. The van der Waals surface area contributed by atoms with E-state index in [1.54, 1.807) is 0 Å². The van der Waals surface area contributed by atoms with Gasteiger partial charge in [0.2, 0.25) is 0 Å². The molecule has 15 heavy (non-hydrogen) atoms. The molecule has 0 aliphatic rings. The SMILES string of the molecule is CS(=O)(=O)OCCCCCOS(C)(=O)=O. The van der Waals surface area contributed by atoms with Crippen LogP contribution in [0.2, 0.25) is 0 Å². The third kappa shape index (κ3) is 13.8. The third-order valence-electron chi connectivity index (χ3n) is 1.38. The van der Waals surface area contributed by atoms with Crippen LogP contribution >= 0.6 is 0 Å². The van der Waals surface area contributed by atoms with E-state index in [-0.39, 0.29) is 13.2 Å². The van der Waals surface area contributed by atoms with Gasteiger partial charge in [-0.25, -0.2) is 0 Å². The van der Waals surface area contributed by atoms with Gasteiger partial charge in [-0.1, -0.05) is 0 Å². The molecule has 0 aliphatic heterocycles. The van der Waals surface area contributed by atoms with Crippen LogP contribution in [0.15, 0.2) is 0 Å². The molecule has 0 spiro atoms. The minimum absolute atomic E-state index is 0.123. The Bertz CT molecular complexity index is 319. The predicted octanol–water partition coefficient (Wildman–Crippen LogP) is 0.109. The Labute approximate surface area is 90.8 Å². The molecule has 0 amide bonds. The summed E-state index contributed by atoms with van der Waals surface area (Å²) in [7, 11) is -6.73. The van der Waals surface area contributed by atoms with E-state index in [1.807, 2.05) is 0 Å². The third-order valence-corrected chi connectivity index (χ3v) is 2.57. The monoisotopic (exact) mass is 260 g/mol. The molecule has 0 saturated heterocycles. The first-order valence-corrected chi connectivity index (χ1v) is 8.03. The Morgan fingerprint density at radius 2 is 1.07 bits per heavy atom. The highest BCUT2D eigenvalue weighted by molar-refractivity contribution is 7.86. The Morgan fingerprint density at radius 3 is 1.33 bits per heavy atom. The Balaban J connectivity index is 3.34. The zero-order valence-electron chi connectivity index (χ0n) is 8.80. The van der Waals surface area contributed by atoms with Crippen molar-refractivity contribution < 1.29 is 25.2 Å². The molecule has 92 valence electrons. The Morgan fingerprint density at radius 1 is 0.733 bits per heavy atom. The molecule has 0 N–H and O–H groups in total. The average Bonchev–Trinajstić information content (AvgIpc) is 1.98. The van der Waals surface area contributed by atoms with Gasteiger partial charge in [-0.2, -0.15) is 16.8 Å². The fraction of sp³-hybridized carbons (Fsp3) is 1.00. The van der Waals surface area contributed by atoms with Crippen LogP contribution in [0, 0.1) is 0 Å². The highest BCUT2D eigenvalue weighted by Crippen LogP contribution is 2.00. The van der Waals surface area contributed by atoms with Gasteiger partial charge in [-0.05, 0) is 19.3 Å². The maximum atomic E-state index is 10.5. The zero-order valence-corrected chi connectivity index (χ0v) is 10.4. The fourth-order valence-corrected chi connectivity index (χ4v) is 1.64. The van der Waals surface area contributed by atoms with Gasteiger partial charge in [0, 0.05) is 0 Å². The summed E-state index contributed by atoms with van der Waals surface area (Å²) in [6.07, 6.45) is 3.74. The Kier molecular flexibility index (Phi) is 6.34. The number of hydrogen-bond acceptors (Lipinski definition) is 6. The lowest BCUT2D eigenvalue weighted by Gasteiger charge is -2.02. The summed E-state index contributed by atoms with van der Waals surface area (Å²) in [5.41, 5.74) is 0. The lowest BCUT2D eigenvalue weighted by Crippen LogP contribution is -2.06. The lowest BCUT2D eigenvalue weighted by molar-refractivity contribution is 0.287. The highest BCUT2D eigenvalue weighted by Gasteiger charge is 2.02. The van der Waals surface area contributed by atoms with Gasteiger partial charge in [-0.15, -0.1) is 0 Å². The van der Waals surface area contributed by atoms with Crippen LogP contribution in [0.25, 0.3) is 0 Å². The summed E-state index contributed by atoms with van der Waals surface area (Å²) in [6, 6.07) is 0. The maximum absolute atomic E-state index is 10.5. The van der Waals surface area contributed by atoms with Gasteiger partial charge in [0.15, 0.2) is 0 Å². The van der Waals surface area contributed by atoms with Crippen molar-refractivity contribution in [1.82, 2.24) is 0 Å². The molecule has 0 aromatic heterocycles. The quantitative estimate of drug-likeness (QED) is 0.455. The van der Waals surface area contributed by atoms with Crippen LogP contribution in [0.3, 0.4) is 0 Å². The van der Waals surface area contributed by atoms with Crippen LogP contribution in [-0.4, -0.2) is 42.6 Å². The van der Waals surface area contributed by atoms with Crippen molar-refractivity contribution in [1.29, 1.82) is 0 Å². The largest absolute Gasteiger partial charge is 0.270 e. The first-order chi connectivity index (χ1) is 6.71. The molecule has 0 heterocycles. The van der Waals surface area contributed by atoms with Crippen molar-refractivity contribution in [3.8, 4) is 0 Å². The second-order valence-corrected chi connectivity index (χ2v) is 6.40. The second kappa shape index (κ2) is 6.41. The highest BCUT2D eigenvalue weighted by atomic mass is 32.2. The topological polar surface area (TPSA) is 86.7 Å². The van der Waals surface area contributed by atoms with Crippen molar-refractivity contribution in [2.45, 2.75) is 19.3 Å². The van der Waals surface area contributed by atoms with Crippen molar-refractivity contribution in [2.24, 2.45) is 0 Å². The van der Waals surface area contributed by atoms with Gasteiger partial charge in [0.1, 0.15) is 0 Å². The molecule has 6 nitrogen and oxygen atoms in total. The summed E-state index contributed by atoms with van der Waals surface area (Å²) in [4.78, 5) is 0. The van der Waals surface area contributed by atoms with Crippen molar-refractivity contribution in [3.63, 3.8) is 0 Å². The van der Waals surface area contributed by atoms with Gasteiger partial charge in [0.05, 0.1) is 25.7 Å². The van der Waals surface area contributed by atoms with Gasteiger partial charge in [0.25, 0.3) is 20.2 Å². The zero-order chi connectivity index (χ0) is 11.9. The minimum Gasteiger partial charge on any atom is -0.270 e. The Hall–Kier alpha value is -0.180. The summed E-state index contributed by atoms with van der Waals surface area (Å²) in [6.45, 7) is 0.245. The molecule has 0 aliphatic carbocycles. The summed E-state index contributed by atoms with van der Waals surface area (Å²) in [5, 5.41) is 0. The van der Waals surface area contributed by atoms with Gasteiger partial charge < -0.3 is 0 Å². The molecule has 0 bridgehead atoms. The maximum Gasteiger partial charge on any atom is 0.264 e. The predicted molar refractivity (Wildman–Crippen MR) is 55.4 cm³/mol. The molecule has 0 unspecified atom stereocenters. The molecular formula is C7H16O6S2. The lowest BCUT2D eigenvalue weighted by atomic mass is 10.2. The van der Waals surface area contributed by atoms with Crippen LogP contribution < -0.4 is 0 Å². The van der Waals surface area contributed by atoms with Crippen LogP contribution in [0.4, 0.5) is 0 Å². The average molecular weight is 260 g/mol. The molecule has 0 aromatic carbocycles. The summed E-state index contributed by atoms with van der Waals surface area (Å²) in [5.74, 6) is 0. The first kappa shape index (κ1) is 14.8. The van der Waals surface area contributed by atoms with E-state index in [2.05, 4.69) is 8.37 Å². The van der Waals surface area contributed by atoms with Crippen molar-refractivity contribution >= 4 is 20.2 Å². The number of rotatable bonds is 8. The molecule has 0 aromatic rings. The molecular weight excluding hydrogens is 244 g/mol. The van der Waals surface area contributed by atoms with Crippen LogP contribution in [-0.2, 0) is 28.6 Å². The standard InChI is InChI=1S/C7H16O6S2/c1-14(8,9)12-6-4-3-5-7-13-15(2,10)11/h3-7H2,1-2H3. The molecule has 0 rings (SSSR count). The van der Waals surface area contributed by atoms with Crippen molar-refractivity contribution in [2.75, 3.05) is 25.7 Å². The minimum atomic E-state index is -3.37. The van der Waals surface area contributed by atoms with E-state index < -0.39 is 20.2 Å². The summed E-state index contributed by atoms with van der Waals surface area (Å²) >= 11 is 0. The van der Waals surface area contributed by atoms with E-state index in [0.717, 1.165) is 12.5 Å². The van der Waals surface area contributed by atoms with Gasteiger partial charge >= 0.3 is 0 Å². The molecule has 0 fully saturated rings.